The van der Waals surface area contributed by atoms with Crippen molar-refractivity contribution in [2.75, 3.05) is 7.11 Å². The zero-order valence-corrected chi connectivity index (χ0v) is 10.8. The molecule has 0 spiro atoms. The Balaban J connectivity index is 3.25. The van der Waals surface area contributed by atoms with Crippen LogP contribution in [0.1, 0.15) is 12.0 Å². The van der Waals surface area contributed by atoms with E-state index in [0.29, 0.717) is 7.27 Å². The number of hydrogen-bond acceptors (Lipinski definition) is 2. The highest BCUT2D eigenvalue weighted by Gasteiger charge is 2.16. The van der Waals surface area contributed by atoms with E-state index in [1.54, 1.807) is 0 Å². The van der Waals surface area contributed by atoms with Crippen LogP contribution >= 0.6 is 45.2 Å². The molecule has 2 nitrogen and oxygen atoms in total. The molecule has 0 saturated heterocycles. The van der Waals surface area contributed by atoms with Crippen LogP contribution in [0.3, 0.4) is 0 Å². The van der Waals surface area contributed by atoms with Gasteiger partial charge in [0.05, 0.1) is 10.7 Å². The molecule has 72 valence electrons. The van der Waals surface area contributed by atoms with Gasteiger partial charge >= 0.3 is 0 Å². The van der Waals surface area contributed by atoms with Crippen LogP contribution in [0.15, 0.2) is 6.07 Å². The van der Waals surface area contributed by atoms with Crippen LogP contribution in [-0.4, -0.2) is 12.1 Å². The average molecular weight is 411 g/mol. The normalized spacial score (nSPS) is 10.6. The molecule has 0 N–H and O–H groups in total. The first kappa shape index (κ1) is 11.3. The van der Waals surface area contributed by atoms with E-state index >= 15 is 0 Å². The van der Waals surface area contributed by atoms with Gasteiger partial charge in [-0.2, -0.15) is 0 Å². The van der Waals surface area contributed by atoms with Gasteiger partial charge in [0.15, 0.2) is 0 Å². The van der Waals surface area contributed by atoms with E-state index in [1.165, 1.54) is 13.2 Å². The van der Waals surface area contributed by atoms with Crippen LogP contribution in [-0.2, 0) is 0 Å². The van der Waals surface area contributed by atoms with Crippen molar-refractivity contribution in [1.29, 1.82) is 0 Å². The van der Waals surface area contributed by atoms with Crippen LogP contribution in [0.25, 0.3) is 0 Å². The van der Waals surface area contributed by atoms with E-state index in [-0.39, 0.29) is 11.4 Å². The summed E-state index contributed by atoms with van der Waals surface area (Å²) in [5.41, 5.74) is -0.0307. The second-order valence-electron chi connectivity index (χ2n) is 2.16. The van der Waals surface area contributed by atoms with Crippen molar-refractivity contribution >= 4 is 45.2 Å². The lowest BCUT2D eigenvalue weighted by atomic mass is 10.3. The smallest absolute Gasteiger partial charge is 0.265 e. The van der Waals surface area contributed by atoms with Crippen LogP contribution < -0.4 is 4.74 Å². The summed E-state index contributed by atoms with van der Waals surface area (Å²) in [5, 5.41) is 0. The second-order valence-corrected chi connectivity index (χ2v) is 4.26. The minimum absolute atomic E-state index is 0.0307. The van der Waals surface area contributed by atoms with E-state index in [1.807, 2.05) is 45.2 Å². The lowest BCUT2D eigenvalue weighted by Gasteiger charge is -2.07. The molecule has 0 aliphatic heterocycles. The van der Waals surface area contributed by atoms with Gasteiger partial charge in [-0.05, 0) is 45.2 Å². The van der Waals surface area contributed by atoms with Gasteiger partial charge < -0.3 is 4.74 Å². The number of nitrogens with zero attached hydrogens (tertiary/aromatic N) is 1. The van der Waals surface area contributed by atoms with Gasteiger partial charge in [0.25, 0.3) is 6.43 Å². The predicted octanol–water partition coefficient (Wildman–Crippen LogP) is 3.24. The molecule has 0 fully saturated rings. The van der Waals surface area contributed by atoms with Crippen molar-refractivity contribution in [3.8, 4) is 5.88 Å². The standard InChI is InChI=1S/C7H5F2I2NO/c1-13-4-2-3(6(8)9)5(10)7(11)12-4/h2,6H,1H3. The highest BCUT2D eigenvalue weighted by Crippen LogP contribution is 2.29. The van der Waals surface area contributed by atoms with E-state index in [0.717, 1.165) is 0 Å². The van der Waals surface area contributed by atoms with Crippen molar-refractivity contribution in [3.05, 3.63) is 18.9 Å². The number of hydrogen-bond donors (Lipinski definition) is 0. The fraction of sp³-hybridized carbons (Fsp3) is 0.286. The molecule has 6 heteroatoms. The SMILES string of the molecule is COc1cc(C(F)F)c(I)c(I)n1. The fourth-order valence-electron chi connectivity index (χ4n) is 0.757. The first-order valence-electron chi connectivity index (χ1n) is 3.24. The molecule has 1 heterocycles. The third kappa shape index (κ3) is 2.61. The maximum Gasteiger partial charge on any atom is 0.265 e. The summed E-state index contributed by atoms with van der Waals surface area (Å²) in [4.78, 5) is 3.96. The Labute approximate surface area is 101 Å². The third-order valence-corrected chi connectivity index (χ3v) is 4.31. The number of ether oxygens (including phenoxy) is 1. The van der Waals surface area contributed by atoms with E-state index in [2.05, 4.69) is 4.98 Å². The van der Waals surface area contributed by atoms with Crippen LogP contribution in [0, 0.1) is 7.27 Å². The summed E-state index contributed by atoms with van der Waals surface area (Å²) in [6.07, 6.45) is -2.49. The molecule has 0 aliphatic carbocycles. The lowest BCUT2D eigenvalue weighted by molar-refractivity contribution is 0.149. The Kier molecular flexibility index (Phi) is 4.07. The fourth-order valence-corrected chi connectivity index (χ4v) is 1.82. The van der Waals surface area contributed by atoms with Crippen molar-refractivity contribution in [3.63, 3.8) is 0 Å². The van der Waals surface area contributed by atoms with Gasteiger partial charge in [0.2, 0.25) is 5.88 Å². The molecule has 0 amide bonds. The Bertz CT molecular complexity index is 320. The van der Waals surface area contributed by atoms with E-state index in [9.17, 15) is 8.78 Å². The highest BCUT2D eigenvalue weighted by molar-refractivity contribution is 14.1. The number of pyridine rings is 1. The molecule has 0 aliphatic rings. The van der Waals surface area contributed by atoms with Crippen LogP contribution in [0.5, 0.6) is 5.88 Å². The van der Waals surface area contributed by atoms with E-state index < -0.39 is 6.43 Å². The molecule has 0 radical (unpaired) electrons. The summed E-state index contributed by atoms with van der Waals surface area (Å²) < 4.78 is 30.7. The first-order valence-corrected chi connectivity index (χ1v) is 5.40. The molecule has 0 aromatic carbocycles. The summed E-state index contributed by atoms with van der Waals surface area (Å²) in [6.45, 7) is 0. The first-order chi connectivity index (χ1) is 6.06. The molecule has 0 atom stereocenters. The van der Waals surface area contributed by atoms with Gasteiger partial charge in [-0.25, -0.2) is 13.8 Å². The highest BCUT2D eigenvalue weighted by atomic mass is 127. The van der Waals surface area contributed by atoms with E-state index in [4.69, 9.17) is 4.74 Å². The Morgan fingerprint density at radius 2 is 2.08 bits per heavy atom. The Hall–Kier alpha value is 0.270. The lowest BCUT2D eigenvalue weighted by Crippen LogP contribution is -1.98. The topological polar surface area (TPSA) is 22.1 Å². The molecule has 0 bridgehead atoms. The van der Waals surface area contributed by atoms with Gasteiger partial charge in [-0.1, -0.05) is 0 Å². The largest absolute Gasteiger partial charge is 0.481 e. The second kappa shape index (κ2) is 4.67. The Morgan fingerprint density at radius 1 is 1.46 bits per heavy atom. The average Bonchev–Trinajstić information content (AvgIpc) is 2.09. The summed E-state index contributed by atoms with van der Waals surface area (Å²) in [6, 6.07) is 1.26. The Morgan fingerprint density at radius 3 is 2.54 bits per heavy atom. The third-order valence-electron chi connectivity index (χ3n) is 1.37. The molecule has 1 aromatic rings. The molecular formula is C7H5F2I2NO. The quantitative estimate of drug-likeness (QED) is 0.551. The van der Waals surface area contributed by atoms with Gasteiger partial charge in [0, 0.05) is 11.6 Å². The van der Waals surface area contributed by atoms with Crippen LogP contribution in [0.2, 0.25) is 0 Å². The summed E-state index contributed by atoms with van der Waals surface area (Å²) in [7, 11) is 1.40. The summed E-state index contributed by atoms with van der Waals surface area (Å²) in [5.74, 6) is 0.222. The molecular weight excluding hydrogens is 406 g/mol. The molecule has 1 rings (SSSR count). The van der Waals surface area contributed by atoms with Gasteiger partial charge in [-0.3, -0.25) is 0 Å². The van der Waals surface area contributed by atoms with Gasteiger partial charge in [0.1, 0.15) is 3.70 Å². The number of rotatable bonds is 2. The maximum atomic E-state index is 12.4. The molecule has 0 saturated carbocycles. The molecule has 0 unspecified atom stereocenters. The number of halogens is 4. The number of methoxy groups -OCH3 is 1. The van der Waals surface area contributed by atoms with Crippen LogP contribution in [0.4, 0.5) is 8.78 Å². The monoisotopic (exact) mass is 411 g/mol. The zero-order chi connectivity index (χ0) is 10.0. The maximum absolute atomic E-state index is 12.4. The van der Waals surface area contributed by atoms with Crippen molar-refractivity contribution < 1.29 is 13.5 Å². The molecule has 1 aromatic heterocycles. The number of alkyl halides is 2. The molecule has 13 heavy (non-hydrogen) atoms. The minimum Gasteiger partial charge on any atom is -0.481 e. The predicted molar refractivity (Wildman–Crippen MR) is 61.2 cm³/mol. The van der Waals surface area contributed by atoms with Crippen molar-refractivity contribution in [2.24, 2.45) is 0 Å². The van der Waals surface area contributed by atoms with Crippen molar-refractivity contribution in [1.82, 2.24) is 4.98 Å². The zero-order valence-electron chi connectivity index (χ0n) is 6.52. The number of aromatic nitrogens is 1. The van der Waals surface area contributed by atoms with Gasteiger partial charge in [-0.15, -0.1) is 0 Å². The minimum atomic E-state index is -2.49. The summed E-state index contributed by atoms with van der Waals surface area (Å²) >= 11 is 3.75. The van der Waals surface area contributed by atoms with Crippen molar-refractivity contribution in [2.45, 2.75) is 6.43 Å².